The van der Waals surface area contributed by atoms with Gasteiger partial charge in [-0.3, -0.25) is 0 Å². The number of alkyl halides is 6. The minimum Gasteiger partial charge on any atom is -0.406 e. The van der Waals surface area contributed by atoms with Crippen LogP contribution in [0.5, 0.6) is 5.75 Å². The third-order valence-corrected chi connectivity index (χ3v) is 3.21. The molecule has 0 fully saturated rings. The third-order valence-electron chi connectivity index (χ3n) is 3.21. The highest BCUT2D eigenvalue weighted by atomic mass is 19.4. The van der Waals surface area contributed by atoms with Gasteiger partial charge in [-0.25, -0.2) is 0 Å². The van der Waals surface area contributed by atoms with Crippen molar-refractivity contribution in [2.24, 2.45) is 0 Å². The molecule has 0 aromatic heterocycles. The molecular weight excluding hydrogens is 336 g/mol. The van der Waals surface area contributed by atoms with Gasteiger partial charge in [0.05, 0.1) is 5.56 Å². The summed E-state index contributed by atoms with van der Waals surface area (Å²) in [7, 11) is 3.17. The second kappa shape index (κ2) is 6.26. The second-order valence-electron chi connectivity index (χ2n) is 5.16. The van der Waals surface area contributed by atoms with Crippen LogP contribution in [0.25, 0.3) is 11.1 Å². The summed E-state index contributed by atoms with van der Waals surface area (Å²) >= 11 is 0. The van der Waals surface area contributed by atoms with Crippen LogP contribution < -0.4 is 9.64 Å². The first kappa shape index (κ1) is 18.0. The Labute approximate surface area is 134 Å². The molecule has 2 aromatic rings. The van der Waals surface area contributed by atoms with Crippen molar-refractivity contribution in [1.29, 1.82) is 0 Å². The molecule has 0 bridgehead atoms. The fourth-order valence-electron chi connectivity index (χ4n) is 2.28. The molecule has 130 valence electrons. The van der Waals surface area contributed by atoms with Gasteiger partial charge in [0, 0.05) is 25.3 Å². The van der Waals surface area contributed by atoms with E-state index in [9.17, 15) is 26.3 Å². The standard InChI is InChI=1S/C16H13F6NO/c1-23(2)13-5-3-4-12(15(17,18)19)14(13)10-6-8-11(9-7-10)24-16(20,21)22/h3-9H,1-2H3. The molecule has 0 N–H and O–H groups in total. The molecule has 0 saturated carbocycles. The first-order chi connectivity index (χ1) is 11.0. The van der Waals surface area contributed by atoms with Gasteiger partial charge in [-0.15, -0.1) is 13.2 Å². The van der Waals surface area contributed by atoms with Crippen LogP contribution in [0, 0.1) is 0 Å². The Morgan fingerprint density at radius 3 is 1.88 bits per heavy atom. The lowest BCUT2D eigenvalue weighted by Gasteiger charge is -2.22. The minimum atomic E-state index is -4.86. The summed E-state index contributed by atoms with van der Waals surface area (Å²) in [6, 6.07) is 8.01. The molecule has 0 aliphatic carbocycles. The van der Waals surface area contributed by atoms with Crippen molar-refractivity contribution in [1.82, 2.24) is 0 Å². The highest BCUT2D eigenvalue weighted by Gasteiger charge is 2.35. The minimum absolute atomic E-state index is 0.103. The van der Waals surface area contributed by atoms with E-state index in [1.807, 2.05) is 0 Å². The summed E-state index contributed by atoms with van der Waals surface area (Å²) in [6.07, 6.45) is -9.46. The maximum absolute atomic E-state index is 13.3. The van der Waals surface area contributed by atoms with Crippen LogP contribution in [0.1, 0.15) is 5.56 Å². The normalized spacial score (nSPS) is 12.2. The lowest BCUT2D eigenvalue weighted by Crippen LogP contribution is -2.17. The average molecular weight is 349 g/mol. The Hall–Kier alpha value is -2.38. The Bertz CT molecular complexity index is 704. The van der Waals surface area contributed by atoms with Gasteiger partial charge in [-0.1, -0.05) is 18.2 Å². The maximum Gasteiger partial charge on any atom is 0.573 e. The summed E-state index contributed by atoms with van der Waals surface area (Å²) in [5, 5.41) is 0. The number of nitrogens with zero attached hydrogens (tertiary/aromatic N) is 1. The number of hydrogen-bond donors (Lipinski definition) is 0. The zero-order valence-electron chi connectivity index (χ0n) is 12.7. The lowest BCUT2D eigenvalue weighted by molar-refractivity contribution is -0.274. The lowest BCUT2D eigenvalue weighted by atomic mass is 9.96. The largest absolute Gasteiger partial charge is 0.573 e. The first-order valence-electron chi connectivity index (χ1n) is 6.73. The van der Waals surface area contributed by atoms with Crippen LogP contribution in [-0.2, 0) is 6.18 Å². The first-order valence-corrected chi connectivity index (χ1v) is 6.73. The topological polar surface area (TPSA) is 12.5 Å². The van der Waals surface area contributed by atoms with E-state index < -0.39 is 23.9 Å². The van der Waals surface area contributed by atoms with E-state index in [1.165, 1.54) is 29.2 Å². The molecule has 0 aliphatic rings. The van der Waals surface area contributed by atoms with Gasteiger partial charge in [-0.05, 0) is 29.8 Å². The molecule has 0 aliphatic heterocycles. The van der Waals surface area contributed by atoms with Crippen LogP contribution in [0.15, 0.2) is 42.5 Å². The van der Waals surface area contributed by atoms with Crippen molar-refractivity contribution in [3.05, 3.63) is 48.0 Å². The van der Waals surface area contributed by atoms with Crippen molar-refractivity contribution < 1.29 is 31.1 Å². The molecular formula is C16H13F6NO. The van der Waals surface area contributed by atoms with Crippen LogP contribution in [-0.4, -0.2) is 20.5 Å². The zero-order valence-corrected chi connectivity index (χ0v) is 12.7. The molecule has 24 heavy (non-hydrogen) atoms. The fraction of sp³-hybridized carbons (Fsp3) is 0.250. The van der Waals surface area contributed by atoms with E-state index in [-0.39, 0.29) is 11.1 Å². The fourth-order valence-corrected chi connectivity index (χ4v) is 2.28. The van der Waals surface area contributed by atoms with Gasteiger partial charge in [0.2, 0.25) is 0 Å². The molecule has 0 saturated heterocycles. The number of halogens is 6. The van der Waals surface area contributed by atoms with Crippen molar-refractivity contribution in [2.45, 2.75) is 12.5 Å². The predicted molar refractivity (Wildman–Crippen MR) is 77.9 cm³/mol. The summed E-state index contributed by atoms with van der Waals surface area (Å²) in [6.45, 7) is 0. The van der Waals surface area contributed by atoms with E-state index in [4.69, 9.17) is 0 Å². The monoisotopic (exact) mass is 349 g/mol. The quantitative estimate of drug-likeness (QED) is 0.694. The number of hydrogen-bond acceptors (Lipinski definition) is 2. The highest BCUT2D eigenvalue weighted by molar-refractivity contribution is 5.82. The predicted octanol–water partition coefficient (Wildman–Crippen LogP) is 5.34. The maximum atomic E-state index is 13.3. The Balaban J connectivity index is 2.55. The number of rotatable bonds is 3. The number of anilines is 1. The molecule has 2 nitrogen and oxygen atoms in total. The van der Waals surface area contributed by atoms with E-state index in [1.54, 1.807) is 14.1 Å². The summed E-state index contributed by atoms with van der Waals surface area (Å²) in [4.78, 5) is 1.50. The van der Waals surface area contributed by atoms with Gasteiger partial charge in [0.15, 0.2) is 0 Å². The molecule has 8 heteroatoms. The van der Waals surface area contributed by atoms with Gasteiger partial charge in [-0.2, -0.15) is 13.2 Å². The smallest absolute Gasteiger partial charge is 0.406 e. The molecule has 0 amide bonds. The van der Waals surface area contributed by atoms with Gasteiger partial charge in [0.1, 0.15) is 5.75 Å². The molecule has 0 radical (unpaired) electrons. The Morgan fingerprint density at radius 1 is 0.833 bits per heavy atom. The number of benzene rings is 2. The number of ether oxygens (including phenoxy) is 1. The Morgan fingerprint density at radius 2 is 1.42 bits per heavy atom. The van der Waals surface area contributed by atoms with E-state index in [2.05, 4.69) is 4.74 Å². The van der Waals surface area contributed by atoms with Gasteiger partial charge >= 0.3 is 12.5 Å². The van der Waals surface area contributed by atoms with Crippen LogP contribution >= 0.6 is 0 Å². The van der Waals surface area contributed by atoms with E-state index >= 15 is 0 Å². The van der Waals surface area contributed by atoms with Crippen molar-refractivity contribution in [2.75, 3.05) is 19.0 Å². The second-order valence-corrected chi connectivity index (χ2v) is 5.16. The zero-order chi connectivity index (χ0) is 18.1. The summed E-state index contributed by atoms with van der Waals surface area (Å²) in [5.41, 5.74) is -0.526. The van der Waals surface area contributed by atoms with Crippen LogP contribution in [0.3, 0.4) is 0 Å². The third kappa shape index (κ3) is 4.12. The van der Waals surface area contributed by atoms with E-state index in [0.29, 0.717) is 5.69 Å². The van der Waals surface area contributed by atoms with Crippen molar-refractivity contribution in [3.8, 4) is 16.9 Å². The average Bonchev–Trinajstić information content (AvgIpc) is 2.44. The summed E-state index contributed by atoms with van der Waals surface area (Å²) in [5.74, 6) is -0.498. The highest BCUT2D eigenvalue weighted by Crippen LogP contribution is 2.42. The Kier molecular flexibility index (Phi) is 4.68. The molecule has 0 heterocycles. The molecule has 0 unspecified atom stereocenters. The molecule has 0 spiro atoms. The molecule has 2 aromatic carbocycles. The SMILES string of the molecule is CN(C)c1cccc(C(F)(F)F)c1-c1ccc(OC(F)(F)F)cc1. The summed E-state index contributed by atoms with van der Waals surface area (Å²) < 4.78 is 80.1. The van der Waals surface area contributed by atoms with Gasteiger partial charge in [0.25, 0.3) is 0 Å². The van der Waals surface area contributed by atoms with Crippen LogP contribution in [0.2, 0.25) is 0 Å². The van der Waals surface area contributed by atoms with Gasteiger partial charge < -0.3 is 9.64 Å². The molecule has 0 atom stereocenters. The van der Waals surface area contributed by atoms with Crippen LogP contribution in [0.4, 0.5) is 32.0 Å². The molecule has 2 rings (SSSR count). The van der Waals surface area contributed by atoms with E-state index in [0.717, 1.165) is 18.2 Å². The van der Waals surface area contributed by atoms with Crippen molar-refractivity contribution in [3.63, 3.8) is 0 Å². The van der Waals surface area contributed by atoms with Crippen molar-refractivity contribution >= 4 is 5.69 Å².